The normalized spacial score (nSPS) is 16.1. The number of anilines is 1. The van der Waals surface area contributed by atoms with Crippen molar-refractivity contribution < 1.29 is 9.21 Å². The molecule has 27 heavy (non-hydrogen) atoms. The second-order valence-electron chi connectivity index (χ2n) is 7.25. The molecule has 1 saturated heterocycles. The van der Waals surface area contributed by atoms with Gasteiger partial charge in [0.2, 0.25) is 5.91 Å². The number of nitrogens with zero attached hydrogens (tertiary/aromatic N) is 4. The van der Waals surface area contributed by atoms with Crippen LogP contribution in [-0.2, 0) is 4.79 Å². The Morgan fingerprint density at radius 2 is 2.07 bits per heavy atom. The van der Waals surface area contributed by atoms with Crippen LogP contribution in [0.3, 0.4) is 0 Å². The lowest BCUT2D eigenvalue weighted by Gasteiger charge is -2.33. The lowest BCUT2D eigenvalue weighted by atomic mass is 9.96. The van der Waals surface area contributed by atoms with E-state index < -0.39 is 0 Å². The van der Waals surface area contributed by atoms with Gasteiger partial charge in [-0.15, -0.1) is 0 Å². The maximum absolute atomic E-state index is 11.5. The third-order valence-corrected chi connectivity index (χ3v) is 5.39. The van der Waals surface area contributed by atoms with E-state index in [4.69, 9.17) is 4.42 Å². The molecule has 0 radical (unpaired) electrons. The zero-order chi connectivity index (χ0) is 18.8. The van der Waals surface area contributed by atoms with Crippen molar-refractivity contribution >= 4 is 33.8 Å². The zero-order valence-electron chi connectivity index (χ0n) is 15.8. The molecule has 7 heteroatoms. The minimum absolute atomic E-state index is 0.0823. The van der Waals surface area contributed by atoms with Gasteiger partial charge < -0.3 is 14.6 Å². The average molecular weight is 367 g/mol. The first kappa shape index (κ1) is 17.7. The molecule has 1 fully saturated rings. The van der Waals surface area contributed by atoms with Gasteiger partial charge in [-0.05, 0) is 44.0 Å². The Kier molecular flexibility index (Phi) is 4.94. The van der Waals surface area contributed by atoms with Crippen molar-refractivity contribution in [2.45, 2.75) is 12.8 Å². The van der Waals surface area contributed by atoms with Crippen molar-refractivity contribution in [2.75, 3.05) is 45.2 Å². The molecule has 3 aromatic rings. The number of fused-ring (bicyclic) bond motifs is 3. The van der Waals surface area contributed by atoms with Crippen molar-refractivity contribution in [3.8, 4) is 0 Å². The van der Waals surface area contributed by atoms with Crippen LogP contribution >= 0.6 is 0 Å². The summed E-state index contributed by atoms with van der Waals surface area (Å²) in [6, 6.07) is 7.95. The Hall–Kier alpha value is -2.67. The number of likely N-dealkylation sites (tertiary alicyclic amines) is 1. The lowest BCUT2D eigenvalue weighted by molar-refractivity contribution is -0.122. The first-order chi connectivity index (χ1) is 13.2. The van der Waals surface area contributed by atoms with Gasteiger partial charge in [-0.3, -0.25) is 9.69 Å². The summed E-state index contributed by atoms with van der Waals surface area (Å²) in [7, 11) is 3.75. The van der Waals surface area contributed by atoms with Gasteiger partial charge in [0.1, 0.15) is 17.4 Å². The molecule has 4 rings (SSSR count). The van der Waals surface area contributed by atoms with E-state index in [0.717, 1.165) is 60.4 Å². The summed E-state index contributed by atoms with van der Waals surface area (Å²) in [4.78, 5) is 24.8. The van der Waals surface area contributed by atoms with Gasteiger partial charge in [0, 0.05) is 26.0 Å². The topological polar surface area (TPSA) is 74.5 Å². The molecule has 1 aliphatic heterocycles. The lowest BCUT2D eigenvalue weighted by Crippen LogP contribution is -2.42. The molecular formula is C20H25N5O2. The Bertz CT molecular complexity index is 946. The molecule has 7 nitrogen and oxygen atoms in total. The molecule has 0 bridgehead atoms. The van der Waals surface area contributed by atoms with Crippen LogP contribution in [0.15, 0.2) is 35.0 Å². The summed E-state index contributed by atoms with van der Waals surface area (Å²) >= 11 is 0. The van der Waals surface area contributed by atoms with Crippen molar-refractivity contribution in [1.82, 2.24) is 20.2 Å². The fraction of sp³-hybridized carbons (Fsp3) is 0.450. The van der Waals surface area contributed by atoms with E-state index in [-0.39, 0.29) is 5.91 Å². The molecule has 0 spiro atoms. The fourth-order valence-corrected chi connectivity index (χ4v) is 3.87. The van der Waals surface area contributed by atoms with E-state index in [0.29, 0.717) is 12.5 Å². The maximum Gasteiger partial charge on any atom is 0.233 e. The van der Waals surface area contributed by atoms with Crippen LogP contribution in [0.1, 0.15) is 12.8 Å². The second-order valence-corrected chi connectivity index (χ2v) is 7.25. The van der Waals surface area contributed by atoms with Gasteiger partial charge in [0.05, 0.1) is 6.54 Å². The van der Waals surface area contributed by atoms with Gasteiger partial charge in [-0.1, -0.05) is 12.1 Å². The number of rotatable bonds is 5. The smallest absolute Gasteiger partial charge is 0.233 e. The highest BCUT2D eigenvalue weighted by Gasteiger charge is 2.23. The number of carbonyl (C=O) groups excluding carboxylic acids is 1. The number of likely N-dealkylation sites (N-methyl/N-ethyl adjacent to an activating group) is 1. The van der Waals surface area contributed by atoms with E-state index >= 15 is 0 Å². The molecule has 1 aromatic carbocycles. The van der Waals surface area contributed by atoms with Crippen LogP contribution in [0.5, 0.6) is 0 Å². The molecule has 0 unspecified atom stereocenters. The van der Waals surface area contributed by atoms with Crippen LogP contribution in [-0.4, -0.2) is 61.0 Å². The molecular weight excluding hydrogens is 342 g/mol. The Labute approximate surface area is 158 Å². The van der Waals surface area contributed by atoms with Gasteiger partial charge in [-0.25, -0.2) is 9.97 Å². The van der Waals surface area contributed by atoms with E-state index in [2.05, 4.69) is 32.1 Å². The fourth-order valence-electron chi connectivity index (χ4n) is 3.87. The standard InChI is InChI=1S/C20H25N5O2/c1-21-17(26)12-25-9-7-14(8-10-25)11-24(2)20-19-18(22-13-23-20)15-5-3-4-6-16(15)27-19/h3-6,13-14H,7-12H2,1-2H3,(H,21,26). The summed E-state index contributed by atoms with van der Waals surface area (Å²) in [6.07, 6.45) is 3.77. The van der Waals surface area contributed by atoms with Gasteiger partial charge in [0.15, 0.2) is 11.4 Å². The molecule has 1 amide bonds. The van der Waals surface area contributed by atoms with Crippen LogP contribution in [0, 0.1) is 5.92 Å². The monoisotopic (exact) mass is 367 g/mol. The average Bonchev–Trinajstić information content (AvgIpc) is 3.08. The quantitative estimate of drug-likeness (QED) is 0.746. The third-order valence-electron chi connectivity index (χ3n) is 5.39. The molecule has 1 N–H and O–H groups in total. The Morgan fingerprint density at radius 3 is 2.85 bits per heavy atom. The first-order valence-corrected chi connectivity index (χ1v) is 9.42. The molecule has 0 aliphatic carbocycles. The predicted molar refractivity (Wildman–Crippen MR) is 106 cm³/mol. The van der Waals surface area contributed by atoms with Crippen molar-refractivity contribution in [2.24, 2.45) is 5.92 Å². The largest absolute Gasteiger partial charge is 0.450 e. The SMILES string of the molecule is CNC(=O)CN1CCC(CN(C)c2ncnc3c2oc2ccccc23)CC1. The van der Waals surface area contributed by atoms with E-state index in [1.54, 1.807) is 13.4 Å². The number of nitrogens with one attached hydrogen (secondary N) is 1. The maximum atomic E-state index is 11.5. The number of hydrogen-bond acceptors (Lipinski definition) is 6. The summed E-state index contributed by atoms with van der Waals surface area (Å²) in [6.45, 7) is 3.31. The van der Waals surface area contributed by atoms with Gasteiger partial charge in [0.25, 0.3) is 0 Å². The minimum atomic E-state index is 0.0823. The molecule has 142 valence electrons. The zero-order valence-corrected chi connectivity index (χ0v) is 15.8. The highest BCUT2D eigenvalue weighted by Crippen LogP contribution is 2.32. The van der Waals surface area contributed by atoms with Crippen molar-refractivity contribution in [3.05, 3.63) is 30.6 Å². The first-order valence-electron chi connectivity index (χ1n) is 9.42. The third kappa shape index (κ3) is 3.60. The molecule has 2 aromatic heterocycles. The number of amides is 1. The van der Waals surface area contributed by atoms with Crippen molar-refractivity contribution in [3.63, 3.8) is 0 Å². The summed E-state index contributed by atoms with van der Waals surface area (Å²) in [5, 5.41) is 3.71. The highest BCUT2D eigenvalue weighted by molar-refractivity contribution is 6.05. The molecule has 0 saturated carbocycles. The number of aromatic nitrogens is 2. The van der Waals surface area contributed by atoms with E-state index in [9.17, 15) is 4.79 Å². The number of hydrogen-bond donors (Lipinski definition) is 1. The van der Waals surface area contributed by atoms with Gasteiger partial charge in [-0.2, -0.15) is 0 Å². The number of carbonyl (C=O) groups is 1. The van der Waals surface area contributed by atoms with Crippen LogP contribution in [0.2, 0.25) is 0 Å². The van der Waals surface area contributed by atoms with Crippen molar-refractivity contribution in [1.29, 1.82) is 0 Å². The van der Waals surface area contributed by atoms with Crippen LogP contribution in [0.4, 0.5) is 5.82 Å². The van der Waals surface area contributed by atoms with Crippen LogP contribution in [0.25, 0.3) is 22.1 Å². The summed E-state index contributed by atoms with van der Waals surface area (Å²) in [5.41, 5.74) is 2.45. The molecule has 1 aliphatic rings. The minimum Gasteiger partial charge on any atom is -0.450 e. The number of benzene rings is 1. The molecule has 0 atom stereocenters. The highest BCUT2D eigenvalue weighted by atomic mass is 16.3. The van der Waals surface area contributed by atoms with E-state index in [1.165, 1.54) is 0 Å². The number of furan rings is 1. The Balaban J connectivity index is 1.46. The summed E-state index contributed by atoms with van der Waals surface area (Å²) in [5.74, 6) is 1.49. The predicted octanol–water partition coefficient (Wildman–Crippen LogP) is 2.27. The van der Waals surface area contributed by atoms with Crippen LogP contribution < -0.4 is 10.2 Å². The Morgan fingerprint density at radius 1 is 1.30 bits per heavy atom. The number of piperidine rings is 1. The van der Waals surface area contributed by atoms with Gasteiger partial charge >= 0.3 is 0 Å². The molecule has 3 heterocycles. The van der Waals surface area contributed by atoms with E-state index in [1.807, 2.05) is 24.3 Å². The number of para-hydroxylation sites is 1. The second kappa shape index (κ2) is 7.52. The summed E-state index contributed by atoms with van der Waals surface area (Å²) < 4.78 is 6.05.